The van der Waals surface area contributed by atoms with Crippen molar-refractivity contribution in [2.24, 2.45) is 5.41 Å². The molecule has 2 rings (SSSR count). The van der Waals surface area contributed by atoms with Crippen molar-refractivity contribution in [3.05, 3.63) is 35.9 Å². The molecule has 0 heterocycles. The number of thioether (sulfide) groups is 1. The van der Waals surface area contributed by atoms with Gasteiger partial charge in [-0.25, -0.2) is 0 Å². The van der Waals surface area contributed by atoms with Gasteiger partial charge in [0.05, 0.1) is 0 Å². The third kappa shape index (κ3) is 4.00. The molecule has 19 heavy (non-hydrogen) atoms. The van der Waals surface area contributed by atoms with Crippen molar-refractivity contribution in [1.82, 2.24) is 5.32 Å². The molecule has 0 aliphatic heterocycles. The van der Waals surface area contributed by atoms with Crippen LogP contribution in [0.2, 0.25) is 0 Å². The highest BCUT2D eigenvalue weighted by atomic mass is 32.2. The third-order valence-corrected chi connectivity index (χ3v) is 5.64. The standard InChI is InChI=1S/C17H27NS/c1-4-12-18-16-15(10-11-17(16,2)3)19-13-14-8-6-5-7-9-14/h5-9,15-16,18H,4,10-13H2,1-3H3. The largest absolute Gasteiger partial charge is 0.312 e. The summed E-state index contributed by atoms with van der Waals surface area (Å²) in [4.78, 5) is 0. The van der Waals surface area contributed by atoms with Crippen LogP contribution in [0.3, 0.4) is 0 Å². The maximum atomic E-state index is 3.79. The van der Waals surface area contributed by atoms with E-state index in [9.17, 15) is 0 Å². The van der Waals surface area contributed by atoms with E-state index in [2.05, 4.69) is 68.2 Å². The van der Waals surface area contributed by atoms with Crippen molar-refractivity contribution < 1.29 is 0 Å². The Morgan fingerprint density at radius 2 is 2.00 bits per heavy atom. The predicted octanol–water partition coefficient (Wildman–Crippen LogP) is 4.48. The lowest BCUT2D eigenvalue weighted by Gasteiger charge is -2.31. The fourth-order valence-corrected chi connectivity index (χ4v) is 4.54. The molecule has 1 N–H and O–H groups in total. The van der Waals surface area contributed by atoms with Crippen LogP contribution in [0.4, 0.5) is 0 Å². The fourth-order valence-electron chi connectivity index (χ4n) is 3.00. The highest BCUT2D eigenvalue weighted by Crippen LogP contribution is 2.43. The Kier molecular flexibility index (Phi) is 5.35. The minimum atomic E-state index is 0.448. The summed E-state index contributed by atoms with van der Waals surface area (Å²) in [5.41, 5.74) is 1.90. The Labute approximate surface area is 122 Å². The molecule has 0 aromatic heterocycles. The first-order valence-corrected chi connectivity index (χ1v) is 8.57. The molecule has 0 radical (unpaired) electrons. The lowest BCUT2D eigenvalue weighted by atomic mass is 9.87. The molecule has 106 valence electrons. The first kappa shape index (κ1) is 14.9. The molecular formula is C17H27NS. The van der Waals surface area contributed by atoms with Crippen LogP contribution in [0.15, 0.2) is 30.3 Å². The third-order valence-electron chi connectivity index (χ3n) is 4.21. The number of rotatable bonds is 6. The summed E-state index contributed by atoms with van der Waals surface area (Å²) < 4.78 is 0. The van der Waals surface area contributed by atoms with Crippen LogP contribution < -0.4 is 5.32 Å². The Morgan fingerprint density at radius 1 is 1.26 bits per heavy atom. The lowest BCUT2D eigenvalue weighted by molar-refractivity contribution is 0.287. The SMILES string of the molecule is CCCNC1C(SCc2ccccc2)CCC1(C)C. The predicted molar refractivity (Wildman–Crippen MR) is 86.6 cm³/mol. The summed E-state index contributed by atoms with van der Waals surface area (Å²) in [7, 11) is 0. The molecule has 0 amide bonds. The second kappa shape index (κ2) is 6.81. The Bertz CT molecular complexity index is 374. The normalized spacial score (nSPS) is 25.6. The van der Waals surface area contributed by atoms with Gasteiger partial charge in [-0.1, -0.05) is 51.1 Å². The van der Waals surface area contributed by atoms with Crippen LogP contribution >= 0.6 is 11.8 Å². The monoisotopic (exact) mass is 277 g/mol. The fraction of sp³-hybridized carbons (Fsp3) is 0.647. The summed E-state index contributed by atoms with van der Waals surface area (Å²) in [6.07, 6.45) is 3.93. The Balaban J connectivity index is 1.91. The zero-order valence-corrected chi connectivity index (χ0v) is 13.3. The zero-order chi connectivity index (χ0) is 13.7. The van der Waals surface area contributed by atoms with Gasteiger partial charge in [0, 0.05) is 17.0 Å². The molecule has 1 aliphatic carbocycles. The van der Waals surface area contributed by atoms with Gasteiger partial charge in [0.25, 0.3) is 0 Å². The zero-order valence-electron chi connectivity index (χ0n) is 12.5. The van der Waals surface area contributed by atoms with Gasteiger partial charge in [-0.05, 0) is 36.8 Å². The highest BCUT2D eigenvalue weighted by molar-refractivity contribution is 7.99. The molecule has 0 saturated heterocycles. The van der Waals surface area contributed by atoms with Gasteiger partial charge in [0.1, 0.15) is 0 Å². The molecule has 1 aliphatic rings. The molecule has 1 fully saturated rings. The van der Waals surface area contributed by atoms with E-state index in [1.54, 1.807) is 0 Å². The summed E-state index contributed by atoms with van der Waals surface area (Å²) in [5, 5.41) is 4.55. The highest BCUT2D eigenvalue weighted by Gasteiger charge is 2.41. The summed E-state index contributed by atoms with van der Waals surface area (Å²) in [6.45, 7) is 8.24. The maximum absolute atomic E-state index is 3.79. The Morgan fingerprint density at radius 3 is 2.68 bits per heavy atom. The van der Waals surface area contributed by atoms with Gasteiger partial charge in [0.2, 0.25) is 0 Å². The molecule has 1 aromatic carbocycles. The van der Waals surface area contributed by atoms with E-state index in [0.717, 1.165) is 17.5 Å². The second-order valence-electron chi connectivity index (χ2n) is 6.29. The van der Waals surface area contributed by atoms with Crippen molar-refractivity contribution in [3.63, 3.8) is 0 Å². The molecule has 2 unspecified atom stereocenters. The molecule has 2 atom stereocenters. The molecule has 2 heteroatoms. The van der Waals surface area contributed by atoms with Crippen molar-refractivity contribution in [2.75, 3.05) is 6.54 Å². The van der Waals surface area contributed by atoms with E-state index in [1.165, 1.54) is 24.8 Å². The topological polar surface area (TPSA) is 12.0 Å². The van der Waals surface area contributed by atoms with Crippen LogP contribution in [0.5, 0.6) is 0 Å². The summed E-state index contributed by atoms with van der Waals surface area (Å²) in [6, 6.07) is 11.5. The van der Waals surface area contributed by atoms with E-state index in [4.69, 9.17) is 0 Å². The minimum absolute atomic E-state index is 0.448. The molecule has 1 aromatic rings. The van der Waals surface area contributed by atoms with Crippen molar-refractivity contribution in [2.45, 2.75) is 57.1 Å². The molecular weight excluding hydrogens is 250 g/mol. The summed E-state index contributed by atoms with van der Waals surface area (Å²) >= 11 is 2.14. The molecule has 1 nitrogen and oxygen atoms in total. The summed E-state index contributed by atoms with van der Waals surface area (Å²) in [5.74, 6) is 1.14. The van der Waals surface area contributed by atoms with Crippen molar-refractivity contribution >= 4 is 11.8 Å². The smallest absolute Gasteiger partial charge is 0.0237 e. The van der Waals surface area contributed by atoms with Crippen LogP contribution in [0.25, 0.3) is 0 Å². The average molecular weight is 277 g/mol. The lowest BCUT2D eigenvalue weighted by Crippen LogP contribution is -2.43. The van der Waals surface area contributed by atoms with E-state index in [0.29, 0.717) is 11.5 Å². The van der Waals surface area contributed by atoms with Gasteiger partial charge in [-0.2, -0.15) is 11.8 Å². The number of hydrogen-bond donors (Lipinski definition) is 1. The number of nitrogens with one attached hydrogen (secondary N) is 1. The van der Waals surface area contributed by atoms with Gasteiger partial charge in [-0.15, -0.1) is 0 Å². The maximum Gasteiger partial charge on any atom is 0.0237 e. The van der Waals surface area contributed by atoms with Crippen LogP contribution in [0, 0.1) is 5.41 Å². The van der Waals surface area contributed by atoms with Gasteiger partial charge < -0.3 is 5.32 Å². The van der Waals surface area contributed by atoms with Gasteiger partial charge in [0.15, 0.2) is 0 Å². The van der Waals surface area contributed by atoms with Crippen LogP contribution in [-0.4, -0.2) is 17.8 Å². The molecule has 0 bridgehead atoms. The first-order valence-electron chi connectivity index (χ1n) is 7.52. The Hall–Kier alpha value is -0.470. The van der Waals surface area contributed by atoms with Crippen LogP contribution in [-0.2, 0) is 5.75 Å². The van der Waals surface area contributed by atoms with Crippen molar-refractivity contribution in [3.8, 4) is 0 Å². The van der Waals surface area contributed by atoms with Crippen LogP contribution in [0.1, 0.15) is 45.6 Å². The minimum Gasteiger partial charge on any atom is -0.312 e. The van der Waals surface area contributed by atoms with E-state index >= 15 is 0 Å². The van der Waals surface area contributed by atoms with Crippen molar-refractivity contribution in [1.29, 1.82) is 0 Å². The van der Waals surface area contributed by atoms with Gasteiger partial charge in [-0.3, -0.25) is 0 Å². The second-order valence-corrected chi connectivity index (χ2v) is 7.52. The number of benzene rings is 1. The average Bonchev–Trinajstić information content (AvgIpc) is 2.70. The van der Waals surface area contributed by atoms with E-state index < -0.39 is 0 Å². The number of hydrogen-bond acceptors (Lipinski definition) is 2. The first-order chi connectivity index (χ1) is 9.13. The van der Waals surface area contributed by atoms with Gasteiger partial charge >= 0.3 is 0 Å². The molecule has 0 spiro atoms. The quantitative estimate of drug-likeness (QED) is 0.823. The molecule has 1 saturated carbocycles. The van der Waals surface area contributed by atoms with E-state index in [-0.39, 0.29) is 0 Å². The van der Waals surface area contributed by atoms with E-state index in [1.807, 2.05) is 0 Å².